The number of aliphatic hydroxyl groups excluding tert-OH is 2. The van der Waals surface area contributed by atoms with Gasteiger partial charge in [-0.3, -0.25) is 14.4 Å². The number of allylic oxidation sites excluding steroid dienone is 21. The maximum Gasteiger partial charge on any atom is 0.335 e. The second-order valence-electron chi connectivity index (χ2n) is 19.2. The van der Waals surface area contributed by atoms with Gasteiger partial charge in [-0.05, 0) is 116 Å². The highest BCUT2D eigenvalue weighted by Gasteiger charge is 2.50. The number of rotatable bonds is 47. The van der Waals surface area contributed by atoms with E-state index in [1.807, 2.05) is 12.2 Å². The van der Waals surface area contributed by atoms with E-state index in [4.69, 9.17) is 23.7 Å². The van der Waals surface area contributed by atoms with Crippen LogP contribution in [0.1, 0.15) is 201 Å². The van der Waals surface area contributed by atoms with Crippen molar-refractivity contribution in [2.45, 2.75) is 237 Å². The van der Waals surface area contributed by atoms with Gasteiger partial charge in [-0.25, -0.2) is 4.79 Å². The van der Waals surface area contributed by atoms with E-state index in [-0.39, 0.29) is 25.9 Å². The van der Waals surface area contributed by atoms with Gasteiger partial charge in [-0.1, -0.05) is 199 Å². The van der Waals surface area contributed by atoms with Crippen molar-refractivity contribution in [2.24, 2.45) is 0 Å². The van der Waals surface area contributed by atoms with E-state index < -0.39 is 67.3 Å². The van der Waals surface area contributed by atoms with E-state index in [9.17, 15) is 34.5 Å². The largest absolute Gasteiger partial charge is 0.479 e. The van der Waals surface area contributed by atoms with Crippen molar-refractivity contribution in [2.75, 3.05) is 13.2 Å². The van der Waals surface area contributed by atoms with Gasteiger partial charge in [0.25, 0.3) is 0 Å². The molecular formula is C65H100O12. The second-order valence-corrected chi connectivity index (χ2v) is 19.2. The van der Waals surface area contributed by atoms with Crippen LogP contribution in [0.5, 0.6) is 0 Å². The van der Waals surface area contributed by atoms with E-state index in [1.165, 1.54) is 19.3 Å². The van der Waals surface area contributed by atoms with E-state index in [2.05, 4.69) is 136 Å². The summed E-state index contributed by atoms with van der Waals surface area (Å²) < 4.78 is 28.2. The third-order valence-electron chi connectivity index (χ3n) is 12.2. The van der Waals surface area contributed by atoms with E-state index in [0.29, 0.717) is 19.3 Å². The number of aliphatic hydroxyl groups is 2. The minimum Gasteiger partial charge on any atom is -0.479 e. The van der Waals surface area contributed by atoms with Crippen LogP contribution >= 0.6 is 0 Å². The minimum atomic E-state index is -1.93. The topological polar surface area (TPSA) is 175 Å². The molecule has 12 heteroatoms. The summed E-state index contributed by atoms with van der Waals surface area (Å²) in [6, 6.07) is 0. The van der Waals surface area contributed by atoms with Crippen molar-refractivity contribution in [3.63, 3.8) is 0 Å². The molecule has 1 fully saturated rings. The first-order valence-corrected chi connectivity index (χ1v) is 29.2. The SMILES string of the molecule is CC/C=C\C/C=C\C/C=C\C/C=C\C/C=C\CC(=O)OCC(COC1OC(C(=O)O)C(O)C(O)C1OC(=O)CCCCCCCC/C=C\C/C=C\C/C=C\CCCCC)OC(=O)CCCCC/C=C\C/C=C\C/C=C\CC. The molecule has 0 aromatic heterocycles. The molecule has 77 heavy (non-hydrogen) atoms. The highest BCUT2D eigenvalue weighted by atomic mass is 16.7. The zero-order valence-corrected chi connectivity index (χ0v) is 47.4. The first kappa shape index (κ1) is 69.9. The summed E-state index contributed by atoms with van der Waals surface area (Å²) in [5.41, 5.74) is 0. The Hall–Kier alpha value is -5.14. The van der Waals surface area contributed by atoms with Crippen LogP contribution in [0.4, 0.5) is 0 Å². The molecule has 0 saturated carbocycles. The second kappa shape index (κ2) is 51.6. The molecule has 0 aliphatic carbocycles. The third-order valence-corrected chi connectivity index (χ3v) is 12.2. The number of carboxylic acid groups (broad SMARTS) is 1. The van der Waals surface area contributed by atoms with Gasteiger partial charge in [0.1, 0.15) is 18.8 Å². The van der Waals surface area contributed by atoms with Crippen molar-refractivity contribution >= 4 is 23.9 Å². The Balaban J connectivity index is 2.76. The summed E-state index contributed by atoms with van der Waals surface area (Å²) in [6.07, 6.45) is 60.2. The Morgan fingerprint density at radius 3 is 1.32 bits per heavy atom. The number of aliphatic carboxylic acids is 1. The van der Waals surface area contributed by atoms with Gasteiger partial charge in [-0.2, -0.15) is 0 Å². The molecule has 1 heterocycles. The zero-order chi connectivity index (χ0) is 56.1. The first-order chi connectivity index (χ1) is 37.6. The summed E-state index contributed by atoms with van der Waals surface area (Å²) in [7, 11) is 0. The molecule has 6 atom stereocenters. The van der Waals surface area contributed by atoms with Gasteiger partial charge >= 0.3 is 23.9 Å². The van der Waals surface area contributed by atoms with E-state index in [0.717, 1.165) is 122 Å². The number of carboxylic acids is 1. The summed E-state index contributed by atoms with van der Waals surface area (Å²) in [5, 5.41) is 31.5. The standard InChI is InChI=1S/C65H100O12/c1-4-7-10-13-16-19-22-25-27-28-29-30-32-35-38-41-44-47-50-53-59(68)76-63-61(70)60(69)62(64(71)72)77-65(63)74-55-56(75-58(67)52-49-46-43-40-37-33-24-21-18-15-12-9-6-3)54-73-57(66)51-48-45-42-39-36-34-31-26-23-20-17-14-11-8-5-2/h8-9,11-12,16-21,25-27,29-31,33,36-37,39,45,48,56,60-63,65,69-70H,4-7,10,13-15,22-24,28,32,34-35,38,40-44,46-47,49-55H2,1-3H3,(H,71,72)/b11-8-,12-9-,19-16-,20-17-,21-18-,27-25-,30-29-,31-26-,37-33-,39-36-,48-45-. The average molecular weight is 1070 g/mol. The quantitative estimate of drug-likeness (QED) is 0.0228. The average Bonchev–Trinajstić information content (AvgIpc) is 3.42. The lowest BCUT2D eigenvalue weighted by atomic mass is 9.98. The zero-order valence-electron chi connectivity index (χ0n) is 47.4. The molecule has 1 rings (SSSR count). The van der Waals surface area contributed by atoms with E-state index in [1.54, 1.807) is 6.08 Å². The molecular weight excluding hydrogens is 973 g/mol. The number of carbonyl (C=O) groups excluding carboxylic acids is 3. The normalized spacial score (nSPS) is 19.0. The van der Waals surface area contributed by atoms with Crippen LogP contribution in [0.15, 0.2) is 134 Å². The highest BCUT2D eigenvalue weighted by molar-refractivity contribution is 5.74. The summed E-state index contributed by atoms with van der Waals surface area (Å²) >= 11 is 0. The molecule has 1 saturated heterocycles. The molecule has 0 radical (unpaired) electrons. The molecule has 0 amide bonds. The molecule has 0 spiro atoms. The van der Waals surface area contributed by atoms with Crippen molar-refractivity contribution in [1.82, 2.24) is 0 Å². The Bertz CT molecular complexity index is 1850. The molecule has 12 nitrogen and oxygen atoms in total. The lowest BCUT2D eigenvalue weighted by Gasteiger charge is -2.40. The van der Waals surface area contributed by atoms with Crippen LogP contribution in [-0.2, 0) is 42.9 Å². The van der Waals surface area contributed by atoms with Crippen LogP contribution < -0.4 is 0 Å². The van der Waals surface area contributed by atoms with E-state index >= 15 is 0 Å². The Morgan fingerprint density at radius 1 is 0.455 bits per heavy atom. The number of carbonyl (C=O) groups is 4. The first-order valence-electron chi connectivity index (χ1n) is 29.2. The molecule has 0 aromatic carbocycles. The molecule has 3 N–H and O–H groups in total. The van der Waals surface area contributed by atoms with Gasteiger partial charge < -0.3 is 39.0 Å². The van der Waals surface area contributed by atoms with Crippen molar-refractivity contribution in [3.05, 3.63) is 134 Å². The van der Waals surface area contributed by atoms with Gasteiger partial charge in [0.05, 0.1) is 13.0 Å². The predicted molar refractivity (Wildman–Crippen MR) is 312 cm³/mol. The maximum atomic E-state index is 13.1. The smallest absolute Gasteiger partial charge is 0.335 e. The lowest BCUT2D eigenvalue weighted by molar-refractivity contribution is -0.301. The number of hydrogen-bond acceptors (Lipinski definition) is 11. The van der Waals surface area contributed by atoms with Gasteiger partial charge in [-0.15, -0.1) is 0 Å². The summed E-state index contributed by atoms with van der Waals surface area (Å²) in [4.78, 5) is 51.0. The van der Waals surface area contributed by atoms with Crippen LogP contribution in [0, 0.1) is 0 Å². The fraction of sp³-hybridized carbons (Fsp3) is 0.600. The van der Waals surface area contributed by atoms with Crippen molar-refractivity contribution < 1.29 is 58.2 Å². The predicted octanol–water partition coefficient (Wildman–Crippen LogP) is 15.0. The fourth-order valence-electron chi connectivity index (χ4n) is 7.81. The number of unbranched alkanes of at least 4 members (excludes halogenated alkanes) is 12. The molecule has 1 aliphatic heterocycles. The van der Waals surface area contributed by atoms with Gasteiger partial charge in [0, 0.05) is 12.8 Å². The van der Waals surface area contributed by atoms with Crippen molar-refractivity contribution in [3.8, 4) is 0 Å². The molecule has 6 unspecified atom stereocenters. The number of hydrogen-bond donors (Lipinski definition) is 3. The van der Waals surface area contributed by atoms with Gasteiger partial charge in [0.15, 0.2) is 24.6 Å². The molecule has 1 aliphatic rings. The highest BCUT2D eigenvalue weighted by Crippen LogP contribution is 2.26. The molecule has 0 bridgehead atoms. The summed E-state index contributed by atoms with van der Waals surface area (Å²) in [6.45, 7) is 5.59. The van der Waals surface area contributed by atoms with Crippen LogP contribution in [0.3, 0.4) is 0 Å². The fourth-order valence-corrected chi connectivity index (χ4v) is 7.81. The summed E-state index contributed by atoms with van der Waals surface area (Å²) in [5.74, 6) is -3.37. The van der Waals surface area contributed by atoms with Crippen molar-refractivity contribution in [1.29, 1.82) is 0 Å². The Morgan fingerprint density at radius 2 is 0.857 bits per heavy atom. The minimum absolute atomic E-state index is 0.0260. The van der Waals surface area contributed by atoms with Gasteiger partial charge in [0.2, 0.25) is 0 Å². The number of esters is 3. The van der Waals surface area contributed by atoms with Crippen LogP contribution in [0.2, 0.25) is 0 Å². The Labute approximate surface area is 464 Å². The Kier molecular flexibility index (Phi) is 46.8. The van der Waals surface area contributed by atoms with Crippen LogP contribution in [-0.4, -0.2) is 89.2 Å². The molecule has 0 aromatic rings. The maximum absolute atomic E-state index is 13.1. The molecule has 432 valence electrons. The monoisotopic (exact) mass is 1070 g/mol. The van der Waals surface area contributed by atoms with Crippen LogP contribution in [0.25, 0.3) is 0 Å². The lowest BCUT2D eigenvalue weighted by Crippen LogP contribution is -2.61. The number of ether oxygens (including phenoxy) is 5. The third kappa shape index (κ3) is 41.6.